The van der Waals surface area contributed by atoms with E-state index in [1.807, 2.05) is 45.0 Å². The fourth-order valence-electron chi connectivity index (χ4n) is 2.02. The molecular weight excluding hydrogens is 240 g/mol. The van der Waals surface area contributed by atoms with Crippen LogP contribution < -0.4 is 4.74 Å². The van der Waals surface area contributed by atoms with Gasteiger partial charge in [-0.2, -0.15) is 0 Å². The highest BCUT2D eigenvalue weighted by molar-refractivity contribution is 5.89. The average molecular weight is 258 g/mol. The van der Waals surface area contributed by atoms with Crippen LogP contribution in [0.15, 0.2) is 36.7 Å². The molecule has 0 saturated carbocycles. The van der Waals surface area contributed by atoms with E-state index in [0.29, 0.717) is 5.82 Å². The predicted octanol–water partition coefficient (Wildman–Crippen LogP) is 2.82. The van der Waals surface area contributed by atoms with Crippen molar-refractivity contribution in [1.29, 1.82) is 0 Å². The van der Waals surface area contributed by atoms with E-state index in [1.54, 1.807) is 24.1 Å². The summed E-state index contributed by atoms with van der Waals surface area (Å²) in [5, 5.41) is 0. The maximum atomic E-state index is 12.6. The van der Waals surface area contributed by atoms with Gasteiger partial charge in [-0.15, -0.1) is 0 Å². The van der Waals surface area contributed by atoms with E-state index in [-0.39, 0.29) is 5.91 Å². The van der Waals surface area contributed by atoms with Crippen molar-refractivity contribution in [2.45, 2.75) is 26.2 Å². The summed E-state index contributed by atoms with van der Waals surface area (Å²) in [7, 11) is 1.63. The molecule has 1 aromatic carbocycles. The van der Waals surface area contributed by atoms with Gasteiger partial charge in [-0.25, -0.2) is 4.98 Å². The van der Waals surface area contributed by atoms with Gasteiger partial charge in [-0.1, -0.05) is 12.1 Å². The third-order valence-corrected chi connectivity index (χ3v) is 3.39. The highest BCUT2D eigenvalue weighted by atomic mass is 16.5. The molecule has 0 saturated heterocycles. The standard InChI is InChI=1S/C15H18N2O2/c1-11-16-9-10-17(11)14(18)15(2,3)12-5-7-13(19-4)8-6-12/h5-10H,1-4H3. The minimum atomic E-state index is -0.613. The summed E-state index contributed by atoms with van der Waals surface area (Å²) in [6.07, 6.45) is 3.33. The summed E-state index contributed by atoms with van der Waals surface area (Å²) in [5.74, 6) is 1.49. The van der Waals surface area contributed by atoms with Gasteiger partial charge >= 0.3 is 0 Å². The number of carbonyl (C=O) groups is 1. The van der Waals surface area contributed by atoms with Crippen LogP contribution in [0, 0.1) is 6.92 Å². The number of carbonyl (C=O) groups excluding carboxylic acids is 1. The monoisotopic (exact) mass is 258 g/mol. The fourth-order valence-corrected chi connectivity index (χ4v) is 2.02. The summed E-state index contributed by atoms with van der Waals surface area (Å²) in [5.41, 5.74) is 0.337. The fraction of sp³-hybridized carbons (Fsp3) is 0.333. The molecule has 1 heterocycles. The van der Waals surface area contributed by atoms with E-state index in [2.05, 4.69) is 4.98 Å². The van der Waals surface area contributed by atoms with E-state index >= 15 is 0 Å². The Hall–Kier alpha value is -2.10. The highest BCUT2D eigenvalue weighted by Crippen LogP contribution is 2.27. The second kappa shape index (κ2) is 4.88. The Morgan fingerprint density at radius 1 is 1.26 bits per heavy atom. The van der Waals surface area contributed by atoms with Crippen LogP contribution in [-0.4, -0.2) is 22.6 Å². The number of aromatic nitrogens is 2. The number of hydrogen-bond donors (Lipinski definition) is 0. The SMILES string of the molecule is COc1ccc(C(C)(C)C(=O)n2ccnc2C)cc1. The Balaban J connectivity index is 2.35. The second-order valence-corrected chi connectivity index (χ2v) is 5.00. The molecule has 0 aliphatic heterocycles. The van der Waals surface area contributed by atoms with E-state index < -0.39 is 5.41 Å². The molecule has 0 unspecified atom stereocenters. The lowest BCUT2D eigenvalue weighted by atomic mass is 9.83. The topological polar surface area (TPSA) is 44.1 Å². The Labute approximate surface area is 113 Å². The van der Waals surface area contributed by atoms with E-state index in [4.69, 9.17) is 4.74 Å². The second-order valence-electron chi connectivity index (χ2n) is 5.00. The van der Waals surface area contributed by atoms with Crippen molar-refractivity contribution in [2.24, 2.45) is 0 Å². The van der Waals surface area contributed by atoms with Crippen LogP contribution in [0.3, 0.4) is 0 Å². The van der Waals surface area contributed by atoms with Gasteiger partial charge in [0.25, 0.3) is 0 Å². The van der Waals surface area contributed by atoms with Crippen LogP contribution in [0.25, 0.3) is 0 Å². The molecule has 0 radical (unpaired) electrons. The summed E-state index contributed by atoms with van der Waals surface area (Å²) in [4.78, 5) is 16.7. The van der Waals surface area contributed by atoms with Gasteiger partial charge in [0.1, 0.15) is 11.6 Å². The number of rotatable bonds is 3. The Kier molecular flexibility index (Phi) is 3.42. The van der Waals surface area contributed by atoms with Crippen LogP contribution in [0.5, 0.6) is 5.75 Å². The van der Waals surface area contributed by atoms with Crippen molar-refractivity contribution >= 4 is 5.91 Å². The van der Waals surface area contributed by atoms with E-state index in [9.17, 15) is 4.79 Å². The normalized spacial score (nSPS) is 11.4. The van der Waals surface area contributed by atoms with Crippen molar-refractivity contribution in [3.05, 3.63) is 48.0 Å². The number of benzene rings is 1. The molecule has 0 fully saturated rings. The maximum Gasteiger partial charge on any atom is 0.242 e. The zero-order valence-electron chi connectivity index (χ0n) is 11.7. The Morgan fingerprint density at radius 2 is 1.89 bits per heavy atom. The molecule has 0 bridgehead atoms. The first-order valence-electron chi connectivity index (χ1n) is 6.16. The lowest BCUT2D eigenvalue weighted by Gasteiger charge is -2.24. The molecule has 0 amide bonds. The van der Waals surface area contributed by atoms with Crippen molar-refractivity contribution in [2.75, 3.05) is 7.11 Å². The quantitative estimate of drug-likeness (QED) is 0.850. The third kappa shape index (κ3) is 2.38. The maximum absolute atomic E-state index is 12.6. The molecule has 4 heteroatoms. The molecular formula is C15H18N2O2. The largest absolute Gasteiger partial charge is 0.497 e. The first-order valence-corrected chi connectivity index (χ1v) is 6.16. The minimum Gasteiger partial charge on any atom is -0.497 e. The Morgan fingerprint density at radius 3 is 2.37 bits per heavy atom. The molecule has 4 nitrogen and oxygen atoms in total. The van der Waals surface area contributed by atoms with Crippen LogP contribution in [0.2, 0.25) is 0 Å². The average Bonchev–Trinajstić information content (AvgIpc) is 2.84. The van der Waals surface area contributed by atoms with Crippen LogP contribution in [-0.2, 0) is 5.41 Å². The number of nitrogens with zero attached hydrogens (tertiary/aromatic N) is 2. The molecule has 100 valence electrons. The molecule has 0 spiro atoms. The third-order valence-electron chi connectivity index (χ3n) is 3.39. The number of imidazole rings is 1. The van der Waals surface area contributed by atoms with Gasteiger partial charge < -0.3 is 4.74 Å². The van der Waals surface area contributed by atoms with Gasteiger partial charge in [0.15, 0.2) is 0 Å². The summed E-state index contributed by atoms with van der Waals surface area (Å²) in [6.45, 7) is 5.65. The van der Waals surface area contributed by atoms with Crippen LogP contribution >= 0.6 is 0 Å². The molecule has 2 aromatic rings. The van der Waals surface area contributed by atoms with E-state index in [1.165, 1.54) is 0 Å². The highest BCUT2D eigenvalue weighted by Gasteiger charge is 2.31. The van der Waals surface area contributed by atoms with Crippen molar-refractivity contribution in [3.8, 4) is 5.75 Å². The molecule has 2 rings (SSSR count). The number of hydrogen-bond acceptors (Lipinski definition) is 3. The summed E-state index contributed by atoms with van der Waals surface area (Å²) >= 11 is 0. The predicted molar refractivity (Wildman–Crippen MR) is 73.6 cm³/mol. The molecule has 0 aliphatic carbocycles. The Bertz CT molecular complexity index is 582. The smallest absolute Gasteiger partial charge is 0.242 e. The number of ether oxygens (including phenoxy) is 1. The van der Waals surface area contributed by atoms with Gasteiger partial charge in [0.05, 0.1) is 12.5 Å². The van der Waals surface area contributed by atoms with Crippen molar-refractivity contribution < 1.29 is 9.53 Å². The molecule has 0 N–H and O–H groups in total. The zero-order chi connectivity index (χ0) is 14.0. The lowest BCUT2D eigenvalue weighted by molar-refractivity contribution is 0.0819. The summed E-state index contributed by atoms with van der Waals surface area (Å²) < 4.78 is 6.72. The van der Waals surface area contributed by atoms with Gasteiger partial charge in [0, 0.05) is 12.4 Å². The number of aryl methyl sites for hydroxylation is 1. The van der Waals surface area contributed by atoms with Crippen molar-refractivity contribution in [3.63, 3.8) is 0 Å². The number of methoxy groups -OCH3 is 1. The summed E-state index contributed by atoms with van der Waals surface area (Å²) in [6, 6.07) is 7.57. The van der Waals surface area contributed by atoms with Crippen LogP contribution in [0.1, 0.15) is 30.0 Å². The molecule has 1 aromatic heterocycles. The van der Waals surface area contributed by atoms with Crippen LogP contribution in [0.4, 0.5) is 0 Å². The molecule has 19 heavy (non-hydrogen) atoms. The first-order chi connectivity index (χ1) is 8.96. The first kappa shape index (κ1) is 13.3. The minimum absolute atomic E-state index is 0.00710. The molecule has 0 aliphatic rings. The zero-order valence-corrected chi connectivity index (χ0v) is 11.7. The lowest BCUT2D eigenvalue weighted by Crippen LogP contribution is -2.34. The van der Waals surface area contributed by atoms with E-state index in [0.717, 1.165) is 11.3 Å². The van der Waals surface area contributed by atoms with Gasteiger partial charge in [-0.3, -0.25) is 9.36 Å². The van der Waals surface area contributed by atoms with Gasteiger partial charge in [-0.05, 0) is 38.5 Å². The van der Waals surface area contributed by atoms with Crippen molar-refractivity contribution in [1.82, 2.24) is 9.55 Å². The molecule has 0 atom stereocenters. The van der Waals surface area contributed by atoms with Gasteiger partial charge in [0.2, 0.25) is 5.91 Å².